The van der Waals surface area contributed by atoms with Gasteiger partial charge in [-0.05, 0) is 66.7 Å². The molecule has 1 amide bonds. The molecule has 0 N–H and O–H groups in total. The van der Waals surface area contributed by atoms with Gasteiger partial charge in [0.25, 0.3) is 5.91 Å². The third-order valence-corrected chi connectivity index (χ3v) is 5.21. The molecular weight excluding hydrogens is 400 g/mol. The summed E-state index contributed by atoms with van der Waals surface area (Å²) in [4.78, 5) is 31.0. The fraction of sp³-hybridized carbons (Fsp3) is 0.174. The van der Waals surface area contributed by atoms with E-state index in [1.165, 1.54) is 16.7 Å². The van der Waals surface area contributed by atoms with E-state index in [-0.39, 0.29) is 11.9 Å². The van der Waals surface area contributed by atoms with E-state index in [1.807, 2.05) is 30.3 Å². The third kappa shape index (κ3) is 5.18. The van der Waals surface area contributed by atoms with E-state index in [1.54, 1.807) is 44.3 Å². The van der Waals surface area contributed by atoms with Gasteiger partial charge in [0.15, 0.2) is 5.17 Å². The third-order valence-electron chi connectivity index (χ3n) is 4.15. The molecule has 1 heterocycles. The molecule has 154 valence electrons. The molecule has 2 aromatic carbocycles. The Hall–Kier alpha value is -3.32. The fourth-order valence-corrected chi connectivity index (χ4v) is 3.60. The zero-order chi connectivity index (χ0) is 21.5. The first-order valence-electron chi connectivity index (χ1n) is 9.39. The number of nitrogens with zero attached hydrogens (tertiary/aromatic N) is 2. The number of aliphatic imine (C=N–C) groups is 1. The van der Waals surface area contributed by atoms with Crippen molar-refractivity contribution in [2.45, 2.75) is 6.92 Å². The number of hydrogen-bond donors (Lipinski definition) is 0. The van der Waals surface area contributed by atoms with Crippen molar-refractivity contribution in [3.63, 3.8) is 0 Å². The molecule has 7 heteroatoms. The van der Waals surface area contributed by atoms with Crippen LogP contribution < -0.4 is 4.74 Å². The van der Waals surface area contributed by atoms with Crippen LogP contribution in [0.25, 0.3) is 6.08 Å². The van der Waals surface area contributed by atoms with Crippen molar-refractivity contribution in [1.82, 2.24) is 4.90 Å². The lowest BCUT2D eigenvalue weighted by molar-refractivity contribution is -0.121. The van der Waals surface area contributed by atoms with Gasteiger partial charge in [-0.3, -0.25) is 9.69 Å². The maximum atomic E-state index is 12.6. The Morgan fingerprint density at radius 3 is 2.50 bits per heavy atom. The molecular formula is C23H22N2O4S. The summed E-state index contributed by atoms with van der Waals surface area (Å²) in [6.07, 6.45) is 3.51. The molecule has 0 unspecified atom stereocenters. The van der Waals surface area contributed by atoms with E-state index in [4.69, 9.17) is 9.47 Å². The van der Waals surface area contributed by atoms with Gasteiger partial charge in [-0.15, -0.1) is 0 Å². The fourth-order valence-electron chi connectivity index (χ4n) is 2.62. The Morgan fingerprint density at radius 1 is 1.17 bits per heavy atom. The topological polar surface area (TPSA) is 68.2 Å². The summed E-state index contributed by atoms with van der Waals surface area (Å²) in [6, 6.07) is 14.2. The summed E-state index contributed by atoms with van der Waals surface area (Å²) in [5.41, 5.74) is 2.01. The van der Waals surface area contributed by atoms with Gasteiger partial charge in [-0.1, -0.05) is 24.8 Å². The maximum Gasteiger partial charge on any atom is 0.338 e. The normalized spacial score (nSPS) is 16.2. The first-order chi connectivity index (χ1) is 14.5. The van der Waals surface area contributed by atoms with Crippen molar-refractivity contribution in [3.05, 3.63) is 77.2 Å². The van der Waals surface area contributed by atoms with E-state index < -0.39 is 0 Å². The number of amidine groups is 1. The summed E-state index contributed by atoms with van der Waals surface area (Å²) >= 11 is 1.30. The Balaban J connectivity index is 1.74. The van der Waals surface area contributed by atoms with E-state index in [9.17, 15) is 9.59 Å². The zero-order valence-electron chi connectivity index (χ0n) is 16.8. The van der Waals surface area contributed by atoms with Crippen LogP contribution in [0.1, 0.15) is 22.8 Å². The van der Waals surface area contributed by atoms with Crippen molar-refractivity contribution in [1.29, 1.82) is 0 Å². The minimum Gasteiger partial charge on any atom is -0.490 e. The standard InChI is InChI=1S/C23H22N2O4S/c1-4-14-29-19-12-6-16(7-13-19)15-20-21(26)25(3)23(30-20)24-18-10-8-17(9-11-18)22(27)28-5-2/h4,6-13,15H,1,5,14H2,2-3H3. The molecule has 30 heavy (non-hydrogen) atoms. The van der Waals surface area contributed by atoms with Crippen LogP contribution >= 0.6 is 11.8 Å². The number of hydrogen-bond acceptors (Lipinski definition) is 6. The van der Waals surface area contributed by atoms with Gasteiger partial charge < -0.3 is 9.47 Å². The van der Waals surface area contributed by atoms with Gasteiger partial charge in [-0.25, -0.2) is 9.79 Å². The number of rotatable bonds is 7. The molecule has 6 nitrogen and oxygen atoms in total. The number of thioether (sulfide) groups is 1. The lowest BCUT2D eigenvalue weighted by Gasteiger charge is -2.07. The van der Waals surface area contributed by atoms with E-state index in [0.717, 1.165) is 11.3 Å². The van der Waals surface area contributed by atoms with Gasteiger partial charge in [0, 0.05) is 7.05 Å². The summed E-state index contributed by atoms with van der Waals surface area (Å²) in [7, 11) is 1.69. The van der Waals surface area contributed by atoms with Gasteiger partial charge in [0.05, 0.1) is 22.8 Å². The Kier molecular flexibility index (Phi) is 7.08. The van der Waals surface area contributed by atoms with E-state index >= 15 is 0 Å². The number of esters is 1. The summed E-state index contributed by atoms with van der Waals surface area (Å²) < 4.78 is 10.4. The van der Waals surface area contributed by atoms with Crippen LogP contribution in [-0.2, 0) is 9.53 Å². The predicted octanol–water partition coefficient (Wildman–Crippen LogP) is 4.66. The molecule has 0 bridgehead atoms. The highest BCUT2D eigenvalue weighted by atomic mass is 32.2. The highest BCUT2D eigenvalue weighted by molar-refractivity contribution is 8.18. The van der Waals surface area contributed by atoms with Gasteiger partial charge in [0.1, 0.15) is 12.4 Å². The van der Waals surface area contributed by atoms with Crippen LogP contribution in [0.15, 0.2) is 71.1 Å². The first-order valence-corrected chi connectivity index (χ1v) is 10.2. The monoisotopic (exact) mass is 422 g/mol. The van der Waals surface area contributed by atoms with E-state index in [2.05, 4.69) is 11.6 Å². The average Bonchev–Trinajstić information content (AvgIpc) is 3.01. The number of likely N-dealkylation sites (N-methyl/N-ethyl adjacent to an activating group) is 1. The van der Waals surface area contributed by atoms with Crippen LogP contribution in [0.3, 0.4) is 0 Å². The lowest BCUT2D eigenvalue weighted by Crippen LogP contribution is -2.23. The van der Waals surface area contributed by atoms with Gasteiger partial charge in [-0.2, -0.15) is 0 Å². The van der Waals surface area contributed by atoms with Gasteiger partial charge >= 0.3 is 5.97 Å². The van der Waals surface area contributed by atoms with Crippen LogP contribution in [-0.4, -0.2) is 42.2 Å². The second-order valence-corrected chi connectivity index (χ2v) is 7.31. The van der Waals surface area contributed by atoms with Crippen molar-refractivity contribution in [2.75, 3.05) is 20.3 Å². The Bertz CT molecular complexity index is 995. The number of ether oxygens (including phenoxy) is 2. The molecule has 1 saturated heterocycles. The van der Waals surface area contributed by atoms with E-state index in [0.29, 0.717) is 34.5 Å². The van der Waals surface area contributed by atoms with Crippen LogP contribution in [0.2, 0.25) is 0 Å². The summed E-state index contributed by atoms with van der Waals surface area (Å²) in [5, 5.41) is 0.570. The molecule has 0 aromatic heterocycles. The van der Waals surface area contributed by atoms with Crippen LogP contribution in [0, 0.1) is 0 Å². The molecule has 1 aliphatic heterocycles. The Morgan fingerprint density at radius 2 is 1.87 bits per heavy atom. The molecule has 0 saturated carbocycles. The van der Waals surface area contributed by atoms with Crippen molar-refractivity contribution < 1.29 is 19.1 Å². The Labute approximate surface area is 179 Å². The molecule has 1 aliphatic rings. The molecule has 0 spiro atoms. The minimum absolute atomic E-state index is 0.117. The summed E-state index contributed by atoms with van der Waals surface area (Å²) in [5.74, 6) is 0.257. The molecule has 3 rings (SSSR count). The van der Waals surface area contributed by atoms with Crippen LogP contribution in [0.5, 0.6) is 5.75 Å². The smallest absolute Gasteiger partial charge is 0.338 e. The molecule has 0 atom stereocenters. The second kappa shape index (κ2) is 9.93. The van der Waals surface area contributed by atoms with Crippen molar-refractivity contribution in [3.8, 4) is 5.75 Å². The quantitative estimate of drug-likeness (QED) is 0.369. The first kappa shape index (κ1) is 21.4. The molecule has 0 radical (unpaired) electrons. The van der Waals surface area contributed by atoms with Crippen molar-refractivity contribution in [2.24, 2.45) is 4.99 Å². The minimum atomic E-state index is -0.370. The largest absolute Gasteiger partial charge is 0.490 e. The number of carbonyl (C=O) groups is 2. The maximum absolute atomic E-state index is 12.6. The lowest BCUT2D eigenvalue weighted by atomic mass is 10.2. The second-order valence-electron chi connectivity index (χ2n) is 6.31. The number of carbonyl (C=O) groups excluding carboxylic acids is 2. The van der Waals surface area contributed by atoms with Crippen LogP contribution in [0.4, 0.5) is 5.69 Å². The van der Waals surface area contributed by atoms with Crippen molar-refractivity contribution >= 4 is 40.6 Å². The number of amides is 1. The van der Waals surface area contributed by atoms with Gasteiger partial charge in [0.2, 0.25) is 0 Å². The average molecular weight is 423 g/mol. The zero-order valence-corrected chi connectivity index (χ0v) is 17.6. The molecule has 2 aromatic rings. The molecule has 0 aliphatic carbocycles. The highest BCUT2D eigenvalue weighted by Gasteiger charge is 2.30. The number of benzene rings is 2. The molecule has 1 fully saturated rings. The predicted molar refractivity (Wildman–Crippen MR) is 120 cm³/mol. The summed E-state index contributed by atoms with van der Waals surface area (Å²) in [6.45, 7) is 6.16. The SMILES string of the molecule is C=CCOc1ccc(C=C2SC(=Nc3ccc(C(=O)OCC)cc3)N(C)C2=O)cc1. The highest BCUT2D eigenvalue weighted by Crippen LogP contribution is 2.33.